The fraction of sp³-hybridized carbons (Fsp3) is 0.361. The Morgan fingerprint density at radius 3 is 2.51 bits per heavy atom. The number of likely N-dealkylation sites (tertiary alicyclic amines) is 1. The van der Waals surface area contributed by atoms with Crippen LogP contribution in [0.2, 0.25) is 0 Å². The zero-order valence-electron chi connectivity index (χ0n) is 27.2. The molecular weight excluding hydrogens is 590 g/mol. The Bertz CT molecular complexity index is 1780. The van der Waals surface area contributed by atoms with E-state index in [2.05, 4.69) is 25.9 Å². The second-order valence-electron chi connectivity index (χ2n) is 12.6. The molecule has 11 heteroatoms. The van der Waals surface area contributed by atoms with Gasteiger partial charge in [-0.25, -0.2) is 9.98 Å². The maximum atomic E-state index is 13.9. The predicted octanol–water partition coefficient (Wildman–Crippen LogP) is 3.62. The fourth-order valence-corrected chi connectivity index (χ4v) is 6.68. The van der Waals surface area contributed by atoms with Crippen LogP contribution in [0.4, 0.5) is 5.82 Å². The minimum atomic E-state index is -0.514. The van der Waals surface area contributed by atoms with Crippen molar-refractivity contribution in [1.29, 1.82) is 5.41 Å². The number of amidine groups is 1. The molecule has 0 unspecified atom stereocenters. The van der Waals surface area contributed by atoms with Gasteiger partial charge in [-0.1, -0.05) is 36.4 Å². The highest BCUT2D eigenvalue weighted by Crippen LogP contribution is 2.42. The van der Waals surface area contributed by atoms with Crippen molar-refractivity contribution in [3.05, 3.63) is 94.4 Å². The largest absolute Gasteiger partial charge is 0.383 e. The van der Waals surface area contributed by atoms with E-state index in [-0.39, 0.29) is 17.5 Å². The summed E-state index contributed by atoms with van der Waals surface area (Å²) < 4.78 is 0. The van der Waals surface area contributed by atoms with Crippen molar-refractivity contribution in [2.75, 3.05) is 51.2 Å². The first kappa shape index (κ1) is 31.9. The first-order valence-electron chi connectivity index (χ1n) is 16.0. The molecule has 3 aromatic rings. The van der Waals surface area contributed by atoms with Gasteiger partial charge < -0.3 is 10.6 Å². The summed E-state index contributed by atoms with van der Waals surface area (Å²) in [6.07, 6.45) is 7.46. The van der Waals surface area contributed by atoms with Gasteiger partial charge in [0, 0.05) is 56.2 Å². The van der Waals surface area contributed by atoms with Crippen LogP contribution in [0.1, 0.15) is 52.9 Å². The highest BCUT2D eigenvalue weighted by atomic mass is 16.2. The molecule has 242 valence electrons. The van der Waals surface area contributed by atoms with Crippen molar-refractivity contribution >= 4 is 41.1 Å². The fourth-order valence-electron chi connectivity index (χ4n) is 6.68. The number of aryl methyl sites for hydroxylation is 2. The third kappa shape index (κ3) is 6.62. The van der Waals surface area contributed by atoms with Gasteiger partial charge in [-0.3, -0.25) is 34.8 Å². The lowest BCUT2D eigenvalue weighted by Gasteiger charge is -2.29. The summed E-state index contributed by atoms with van der Waals surface area (Å²) in [6, 6.07) is 15.5. The lowest BCUT2D eigenvalue weighted by Crippen LogP contribution is -2.43. The maximum Gasteiger partial charge on any atom is 0.237 e. The summed E-state index contributed by atoms with van der Waals surface area (Å²) in [5, 5.41) is 8.77. The highest BCUT2D eigenvalue weighted by molar-refractivity contribution is 6.10. The molecule has 11 nitrogen and oxygen atoms in total. The number of nitrogens with two attached hydrogens (primary N) is 1. The van der Waals surface area contributed by atoms with Gasteiger partial charge in [-0.2, -0.15) is 0 Å². The number of aromatic nitrogens is 2. The van der Waals surface area contributed by atoms with E-state index >= 15 is 0 Å². The quantitative estimate of drug-likeness (QED) is 0.287. The summed E-state index contributed by atoms with van der Waals surface area (Å²) in [6.45, 7) is 7.21. The molecule has 5 heterocycles. The van der Waals surface area contributed by atoms with Crippen molar-refractivity contribution in [3.8, 4) is 0 Å². The smallest absolute Gasteiger partial charge is 0.237 e. The zero-order chi connectivity index (χ0) is 33.1. The van der Waals surface area contributed by atoms with Gasteiger partial charge in [0.1, 0.15) is 18.0 Å². The minimum absolute atomic E-state index is 0.0568. The van der Waals surface area contributed by atoms with Crippen molar-refractivity contribution in [2.24, 2.45) is 21.1 Å². The Kier molecular flexibility index (Phi) is 9.08. The molecule has 0 bridgehead atoms. The van der Waals surface area contributed by atoms with Crippen LogP contribution in [0, 0.1) is 24.7 Å². The van der Waals surface area contributed by atoms with E-state index in [4.69, 9.17) is 16.1 Å². The summed E-state index contributed by atoms with van der Waals surface area (Å²) in [4.78, 5) is 50.1. The van der Waals surface area contributed by atoms with E-state index in [9.17, 15) is 9.59 Å². The molecule has 47 heavy (non-hydrogen) atoms. The van der Waals surface area contributed by atoms with E-state index in [0.29, 0.717) is 62.2 Å². The summed E-state index contributed by atoms with van der Waals surface area (Å²) >= 11 is 0. The van der Waals surface area contributed by atoms with Crippen LogP contribution in [0.3, 0.4) is 0 Å². The van der Waals surface area contributed by atoms with Gasteiger partial charge in [-0.15, -0.1) is 0 Å². The number of nitrogens with one attached hydrogen (secondary N) is 1. The number of anilines is 1. The molecule has 1 atom stereocenters. The molecule has 3 aliphatic rings. The second kappa shape index (κ2) is 13.4. The molecular formula is C36H41N9O2. The maximum absolute atomic E-state index is 13.9. The standard InChI is InChI=1S/C36H41N9O2/c1-24-4-11-30(42-33(24)32(37)29-6-5-25(2)40-20-29)45-19-15-36(35(45)47)14-18-43(22-36)21-31(46)44-16-12-27(13-17-44)26-7-9-28(10-8-26)34(38)41-23-39-3/h4-12,20,23,37H,13-19,21-22H2,1-3H3,(H2,38,39,41)/t36-/m0/s1. The van der Waals surface area contributed by atoms with Crippen LogP contribution in [-0.2, 0) is 9.59 Å². The number of nitrogens with zero attached hydrogens (tertiary/aromatic N) is 7. The molecule has 3 aliphatic heterocycles. The molecule has 0 radical (unpaired) electrons. The normalized spacial score (nSPS) is 20.4. The molecule has 2 fully saturated rings. The molecule has 2 saturated heterocycles. The topological polar surface area (TPSA) is 144 Å². The van der Waals surface area contributed by atoms with E-state index in [1.165, 1.54) is 11.9 Å². The Labute approximate surface area is 275 Å². The first-order valence-corrected chi connectivity index (χ1v) is 16.0. The first-order chi connectivity index (χ1) is 22.7. The number of amides is 2. The van der Waals surface area contributed by atoms with Crippen LogP contribution >= 0.6 is 0 Å². The number of hydrogen-bond donors (Lipinski definition) is 2. The van der Waals surface area contributed by atoms with Crippen LogP contribution in [0.25, 0.3) is 5.57 Å². The Morgan fingerprint density at radius 1 is 1.04 bits per heavy atom. The minimum Gasteiger partial charge on any atom is -0.383 e. The van der Waals surface area contributed by atoms with Crippen LogP contribution < -0.4 is 10.6 Å². The van der Waals surface area contributed by atoms with Gasteiger partial charge in [0.25, 0.3) is 0 Å². The average Bonchev–Trinajstić information content (AvgIpc) is 3.65. The van der Waals surface area contributed by atoms with E-state index in [1.807, 2.05) is 67.3 Å². The van der Waals surface area contributed by atoms with Crippen LogP contribution in [-0.4, -0.2) is 95.8 Å². The lowest BCUT2D eigenvalue weighted by atomic mass is 9.85. The molecule has 1 aromatic carbocycles. The van der Waals surface area contributed by atoms with Gasteiger partial charge in [0.05, 0.1) is 23.4 Å². The number of aliphatic imine (C=N–C) groups is 2. The predicted molar refractivity (Wildman–Crippen MR) is 185 cm³/mol. The summed E-state index contributed by atoms with van der Waals surface area (Å²) in [7, 11) is 1.65. The Morgan fingerprint density at radius 2 is 1.81 bits per heavy atom. The number of hydrogen-bond acceptors (Lipinski definition) is 7. The molecule has 6 rings (SSSR count). The Balaban J connectivity index is 1.05. The number of benzene rings is 1. The van der Waals surface area contributed by atoms with Crippen molar-refractivity contribution in [1.82, 2.24) is 19.8 Å². The highest BCUT2D eigenvalue weighted by Gasteiger charge is 2.51. The second-order valence-corrected chi connectivity index (χ2v) is 12.6. The van der Waals surface area contributed by atoms with Crippen LogP contribution in [0.15, 0.2) is 70.8 Å². The van der Waals surface area contributed by atoms with E-state index < -0.39 is 5.41 Å². The molecule has 3 N–H and O–H groups in total. The van der Waals surface area contributed by atoms with Gasteiger partial charge in [0.2, 0.25) is 11.8 Å². The van der Waals surface area contributed by atoms with E-state index in [1.54, 1.807) is 18.1 Å². The summed E-state index contributed by atoms with van der Waals surface area (Å²) in [5.41, 5.74) is 11.9. The zero-order valence-corrected chi connectivity index (χ0v) is 27.2. The lowest BCUT2D eigenvalue weighted by molar-refractivity contribution is -0.132. The summed E-state index contributed by atoms with van der Waals surface area (Å²) in [5.74, 6) is 1.13. The Hall–Kier alpha value is -5.03. The third-order valence-corrected chi connectivity index (χ3v) is 9.53. The van der Waals surface area contributed by atoms with Crippen molar-refractivity contribution < 1.29 is 9.59 Å². The molecule has 0 saturated carbocycles. The van der Waals surface area contributed by atoms with Crippen molar-refractivity contribution in [3.63, 3.8) is 0 Å². The SMILES string of the molecule is CN=CN=C(N)c1ccc(C2=CCN(C(=O)CN3CC[C@]4(CCN(c5ccc(C)c(C(=N)c6ccc(C)nc6)n5)C4=O)C3)CC2)cc1. The number of pyridine rings is 2. The number of carbonyl (C=O) groups is 2. The molecule has 0 aliphatic carbocycles. The third-order valence-electron chi connectivity index (χ3n) is 9.53. The molecule has 2 amide bonds. The van der Waals surface area contributed by atoms with Gasteiger partial charge in [-0.05, 0) is 74.6 Å². The van der Waals surface area contributed by atoms with Gasteiger partial charge in [0.15, 0.2) is 0 Å². The van der Waals surface area contributed by atoms with Gasteiger partial charge >= 0.3 is 0 Å². The number of carbonyl (C=O) groups excluding carboxylic acids is 2. The number of rotatable bonds is 8. The molecule has 2 aromatic heterocycles. The average molecular weight is 632 g/mol. The monoisotopic (exact) mass is 631 g/mol. The van der Waals surface area contributed by atoms with Crippen LogP contribution in [0.5, 0.6) is 0 Å². The molecule has 1 spiro atoms. The van der Waals surface area contributed by atoms with E-state index in [0.717, 1.165) is 41.6 Å². The van der Waals surface area contributed by atoms with Crippen molar-refractivity contribution in [2.45, 2.75) is 33.1 Å².